The summed E-state index contributed by atoms with van der Waals surface area (Å²) in [7, 11) is -4.08. The van der Waals surface area contributed by atoms with E-state index in [1.807, 2.05) is 13.0 Å². The molecule has 0 unspecified atom stereocenters. The van der Waals surface area contributed by atoms with Crippen LogP contribution in [-0.2, 0) is 14.8 Å². The van der Waals surface area contributed by atoms with E-state index in [1.165, 1.54) is 24.3 Å². The molecule has 9 heteroatoms. The summed E-state index contributed by atoms with van der Waals surface area (Å²) in [5.74, 6) is 0.218. The third-order valence-corrected chi connectivity index (χ3v) is 7.24. The number of nitrogens with zero attached hydrogens (tertiary/aromatic N) is 1. The van der Waals surface area contributed by atoms with Crippen molar-refractivity contribution in [1.82, 2.24) is 5.32 Å². The molecule has 34 heavy (non-hydrogen) atoms. The van der Waals surface area contributed by atoms with Gasteiger partial charge in [-0.2, -0.15) is 0 Å². The number of benzene rings is 3. The first-order valence-electron chi connectivity index (χ1n) is 10.8. The van der Waals surface area contributed by atoms with Gasteiger partial charge in [-0.25, -0.2) is 12.8 Å². The zero-order valence-electron chi connectivity index (χ0n) is 18.8. The van der Waals surface area contributed by atoms with Gasteiger partial charge in [0.05, 0.1) is 16.6 Å². The van der Waals surface area contributed by atoms with Gasteiger partial charge in [-0.3, -0.25) is 9.10 Å². The van der Waals surface area contributed by atoms with Crippen molar-refractivity contribution in [2.75, 3.05) is 24.1 Å². The van der Waals surface area contributed by atoms with Crippen molar-refractivity contribution in [2.45, 2.75) is 24.8 Å². The van der Waals surface area contributed by atoms with Crippen LogP contribution in [0.2, 0.25) is 0 Å². The summed E-state index contributed by atoms with van der Waals surface area (Å²) in [5, 5.41) is 2.83. The summed E-state index contributed by atoms with van der Waals surface area (Å²) in [6.07, 6.45) is 0. The fraction of sp³-hybridized carbons (Fsp3) is 0.240. The molecule has 0 aliphatic carbocycles. The molecule has 0 spiro atoms. The number of aryl methyl sites for hydroxylation is 1. The lowest BCUT2D eigenvalue weighted by atomic mass is 10.1. The zero-order valence-corrected chi connectivity index (χ0v) is 19.6. The van der Waals surface area contributed by atoms with Gasteiger partial charge in [0.1, 0.15) is 25.6 Å². The molecule has 1 amide bonds. The van der Waals surface area contributed by atoms with E-state index in [9.17, 15) is 17.6 Å². The summed E-state index contributed by atoms with van der Waals surface area (Å²) in [5.41, 5.74) is 1.87. The molecule has 4 rings (SSSR count). The van der Waals surface area contributed by atoms with Gasteiger partial charge < -0.3 is 14.8 Å². The average molecular weight is 485 g/mol. The Kier molecular flexibility index (Phi) is 6.74. The van der Waals surface area contributed by atoms with Crippen LogP contribution in [0.5, 0.6) is 11.5 Å². The third kappa shape index (κ3) is 5.14. The van der Waals surface area contributed by atoms with Gasteiger partial charge in [0.15, 0.2) is 11.5 Å². The first-order valence-corrected chi connectivity index (χ1v) is 12.2. The van der Waals surface area contributed by atoms with Gasteiger partial charge in [0, 0.05) is 0 Å². The van der Waals surface area contributed by atoms with Crippen molar-refractivity contribution in [3.63, 3.8) is 0 Å². The highest BCUT2D eigenvalue weighted by Gasteiger charge is 2.28. The number of halogens is 1. The summed E-state index contributed by atoms with van der Waals surface area (Å²) >= 11 is 0. The van der Waals surface area contributed by atoms with E-state index in [4.69, 9.17) is 9.47 Å². The second-order valence-electron chi connectivity index (χ2n) is 7.99. The minimum absolute atomic E-state index is 0.0371. The number of hydrogen-bond donors (Lipinski definition) is 1. The number of fused-ring (bicyclic) bond motifs is 1. The van der Waals surface area contributed by atoms with Gasteiger partial charge >= 0.3 is 0 Å². The monoisotopic (exact) mass is 484 g/mol. The predicted molar refractivity (Wildman–Crippen MR) is 126 cm³/mol. The van der Waals surface area contributed by atoms with Crippen molar-refractivity contribution >= 4 is 21.6 Å². The van der Waals surface area contributed by atoms with E-state index in [1.54, 1.807) is 31.2 Å². The van der Waals surface area contributed by atoms with E-state index in [-0.39, 0.29) is 10.6 Å². The van der Waals surface area contributed by atoms with E-state index >= 15 is 0 Å². The quantitative estimate of drug-likeness (QED) is 0.549. The van der Waals surface area contributed by atoms with Gasteiger partial charge in [-0.1, -0.05) is 23.8 Å². The predicted octanol–water partition coefficient (Wildman–Crippen LogP) is 3.98. The molecule has 0 radical (unpaired) electrons. The number of ether oxygens (including phenoxy) is 2. The molecule has 7 nitrogen and oxygen atoms in total. The SMILES string of the molecule is Cc1ccc(S(=O)(=O)N(CC(=O)N[C@@H](C)c2ccc3c(c2)OCCO3)c2ccc(F)cc2)cc1. The first kappa shape index (κ1) is 23.6. The third-order valence-electron chi connectivity index (χ3n) is 5.45. The number of carbonyl (C=O) groups excluding carboxylic acids is 1. The minimum Gasteiger partial charge on any atom is -0.486 e. The molecule has 0 saturated heterocycles. The Hall–Kier alpha value is -3.59. The number of carbonyl (C=O) groups is 1. The molecule has 178 valence electrons. The van der Waals surface area contributed by atoms with Gasteiger partial charge in [-0.15, -0.1) is 0 Å². The lowest BCUT2D eigenvalue weighted by Gasteiger charge is -2.25. The van der Waals surface area contributed by atoms with Crippen molar-refractivity contribution in [1.29, 1.82) is 0 Å². The molecule has 0 fully saturated rings. The van der Waals surface area contributed by atoms with Crippen LogP contribution >= 0.6 is 0 Å². The minimum atomic E-state index is -4.08. The lowest BCUT2D eigenvalue weighted by Crippen LogP contribution is -2.41. The van der Waals surface area contributed by atoms with E-state index in [2.05, 4.69) is 5.32 Å². The van der Waals surface area contributed by atoms with Crippen LogP contribution in [0, 0.1) is 12.7 Å². The van der Waals surface area contributed by atoms with Gasteiger partial charge in [0.2, 0.25) is 5.91 Å². The van der Waals surface area contributed by atoms with Crippen LogP contribution in [0.1, 0.15) is 24.1 Å². The Morgan fingerprint density at radius 1 is 1.00 bits per heavy atom. The van der Waals surface area contributed by atoms with E-state index < -0.39 is 34.3 Å². The van der Waals surface area contributed by atoms with Gasteiger partial charge in [-0.05, 0) is 67.9 Å². The molecule has 1 aliphatic heterocycles. The second kappa shape index (κ2) is 9.72. The molecule has 1 aliphatic rings. The highest BCUT2D eigenvalue weighted by Crippen LogP contribution is 2.32. The normalized spacial score (nSPS) is 13.7. The molecular formula is C25H25FN2O5S. The van der Waals surface area contributed by atoms with E-state index in [0.717, 1.165) is 27.6 Å². The van der Waals surface area contributed by atoms with Crippen LogP contribution in [-0.4, -0.2) is 34.1 Å². The standard InChI is InChI=1S/C25H25FN2O5S/c1-17-3-10-22(11-4-17)34(30,31)28(21-8-6-20(26)7-9-21)16-25(29)27-18(2)19-5-12-23-24(15-19)33-14-13-32-23/h3-12,15,18H,13-14,16H2,1-2H3,(H,27,29)/t18-/m0/s1. The lowest BCUT2D eigenvalue weighted by molar-refractivity contribution is -0.120. The van der Waals surface area contributed by atoms with E-state index in [0.29, 0.717) is 24.7 Å². The summed E-state index contributed by atoms with van der Waals surface area (Å²) in [6, 6.07) is 16.3. The van der Waals surface area contributed by atoms with Crippen molar-refractivity contribution in [2.24, 2.45) is 0 Å². The molecule has 3 aromatic rings. The molecular weight excluding hydrogens is 459 g/mol. The number of amides is 1. The van der Waals surface area contributed by atoms with Crippen molar-refractivity contribution < 1.29 is 27.1 Å². The van der Waals surface area contributed by atoms with Crippen LogP contribution < -0.4 is 19.1 Å². The molecule has 0 aromatic heterocycles. The Balaban J connectivity index is 1.56. The number of hydrogen-bond acceptors (Lipinski definition) is 5. The number of anilines is 1. The largest absolute Gasteiger partial charge is 0.486 e. The first-order chi connectivity index (χ1) is 16.2. The summed E-state index contributed by atoms with van der Waals surface area (Å²) in [6.45, 7) is 4.09. The fourth-order valence-electron chi connectivity index (χ4n) is 3.59. The molecule has 3 aromatic carbocycles. The summed E-state index contributed by atoms with van der Waals surface area (Å²) < 4.78 is 52.4. The topological polar surface area (TPSA) is 84.9 Å². The molecule has 1 heterocycles. The molecule has 1 N–H and O–H groups in total. The second-order valence-corrected chi connectivity index (χ2v) is 9.86. The fourth-order valence-corrected chi connectivity index (χ4v) is 5.01. The number of nitrogens with one attached hydrogen (secondary N) is 1. The highest BCUT2D eigenvalue weighted by molar-refractivity contribution is 7.92. The maximum Gasteiger partial charge on any atom is 0.264 e. The highest BCUT2D eigenvalue weighted by atomic mass is 32.2. The smallest absolute Gasteiger partial charge is 0.264 e. The average Bonchev–Trinajstić information content (AvgIpc) is 2.83. The molecule has 1 atom stereocenters. The Bertz CT molecular complexity index is 1280. The van der Waals surface area contributed by atoms with Crippen LogP contribution in [0.3, 0.4) is 0 Å². The number of rotatable bonds is 7. The maximum absolute atomic E-state index is 13.5. The van der Waals surface area contributed by atoms with Crippen LogP contribution in [0.4, 0.5) is 10.1 Å². The van der Waals surface area contributed by atoms with Crippen LogP contribution in [0.25, 0.3) is 0 Å². The molecule has 0 saturated carbocycles. The van der Waals surface area contributed by atoms with Crippen LogP contribution in [0.15, 0.2) is 71.6 Å². The Morgan fingerprint density at radius 3 is 2.32 bits per heavy atom. The van der Waals surface area contributed by atoms with Gasteiger partial charge in [0.25, 0.3) is 10.0 Å². The maximum atomic E-state index is 13.5. The summed E-state index contributed by atoms with van der Waals surface area (Å²) in [4.78, 5) is 13.0. The zero-order chi connectivity index (χ0) is 24.3. The number of sulfonamides is 1. The Labute approximate surface area is 198 Å². The van der Waals surface area contributed by atoms with Crippen molar-refractivity contribution in [3.8, 4) is 11.5 Å². The molecule has 0 bridgehead atoms. The Morgan fingerprint density at radius 2 is 1.65 bits per heavy atom. The van der Waals surface area contributed by atoms with Crippen molar-refractivity contribution in [3.05, 3.63) is 83.7 Å².